The lowest BCUT2D eigenvalue weighted by molar-refractivity contribution is -0.179. The van der Waals surface area contributed by atoms with Gasteiger partial charge in [0.05, 0.1) is 19.3 Å². The number of ether oxygens (including phenoxy) is 3. The van der Waals surface area contributed by atoms with Crippen LogP contribution < -0.4 is 0 Å². The van der Waals surface area contributed by atoms with Crippen molar-refractivity contribution in [2.45, 2.75) is 109 Å². The molecule has 0 spiro atoms. The summed E-state index contributed by atoms with van der Waals surface area (Å²) < 4.78 is 31.6. The van der Waals surface area contributed by atoms with Gasteiger partial charge in [-0.1, -0.05) is 50.5 Å². The van der Waals surface area contributed by atoms with Crippen molar-refractivity contribution in [3.63, 3.8) is 0 Å². The summed E-state index contributed by atoms with van der Waals surface area (Å²) in [6.45, 7) is 2.94. The Labute approximate surface area is 193 Å². The molecule has 1 heterocycles. The van der Waals surface area contributed by atoms with Crippen molar-refractivity contribution < 1.29 is 28.5 Å². The average molecular weight is 455 g/mol. The van der Waals surface area contributed by atoms with Crippen molar-refractivity contribution in [2.24, 2.45) is 11.8 Å². The Hall–Kier alpha value is -1.24. The van der Waals surface area contributed by atoms with Gasteiger partial charge in [-0.05, 0) is 57.3 Å². The minimum atomic E-state index is -1.21. The quantitative estimate of drug-likeness (QED) is 0.208. The monoisotopic (exact) mass is 454 g/mol. The first-order chi connectivity index (χ1) is 15.5. The van der Waals surface area contributed by atoms with Crippen molar-refractivity contribution in [2.75, 3.05) is 13.7 Å². The lowest BCUT2D eigenvalue weighted by Crippen LogP contribution is -2.28. The van der Waals surface area contributed by atoms with Crippen molar-refractivity contribution in [3.8, 4) is 0 Å². The van der Waals surface area contributed by atoms with E-state index in [1.165, 1.54) is 7.11 Å². The second-order valence-electron chi connectivity index (χ2n) is 9.08. The van der Waals surface area contributed by atoms with Crippen LogP contribution in [0.1, 0.15) is 84.0 Å². The first-order valence-corrected chi connectivity index (χ1v) is 12.6. The van der Waals surface area contributed by atoms with Gasteiger partial charge in [-0.2, -0.15) is 0 Å². The van der Waals surface area contributed by atoms with Crippen LogP contribution in [0.2, 0.25) is 0 Å². The van der Waals surface area contributed by atoms with Crippen molar-refractivity contribution in [1.29, 1.82) is 0 Å². The molecule has 6 atom stereocenters. The third-order valence-electron chi connectivity index (χ3n) is 6.53. The molecule has 1 N–H and O–H groups in total. The highest BCUT2D eigenvalue weighted by Crippen LogP contribution is 2.37. The van der Waals surface area contributed by atoms with Gasteiger partial charge >= 0.3 is 5.97 Å². The number of rotatable bonds is 14. The minimum absolute atomic E-state index is 0.00994. The fraction of sp³-hybridized carbons (Fsp3) is 0.808. The second-order valence-corrected chi connectivity index (χ2v) is 9.08. The van der Waals surface area contributed by atoms with E-state index in [2.05, 4.69) is 23.8 Å². The second kappa shape index (κ2) is 15.6. The lowest BCUT2D eigenvalue weighted by atomic mass is 9.89. The number of carbonyl (C=O) groups is 1. The third kappa shape index (κ3) is 9.72. The molecule has 0 aromatic rings. The first kappa shape index (κ1) is 27.0. The predicted octanol–water partition coefficient (Wildman–Crippen LogP) is 5.66. The van der Waals surface area contributed by atoms with E-state index >= 15 is 0 Å². The van der Waals surface area contributed by atoms with E-state index < -0.39 is 18.2 Å². The van der Waals surface area contributed by atoms with E-state index in [0.717, 1.165) is 58.0 Å². The van der Waals surface area contributed by atoms with E-state index in [0.29, 0.717) is 25.7 Å². The van der Waals surface area contributed by atoms with Crippen LogP contribution in [0.25, 0.3) is 0 Å². The normalized spacial score (nSPS) is 28.4. The SMILES string of the molecule is CCCCC[C@@H](/C=C/[C@H]1CC[C@H](O)[C@@H]1C(F)/C=C\CCCC(=O)OC)OC1CCCCO1. The van der Waals surface area contributed by atoms with Crippen molar-refractivity contribution in [3.05, 3.63) is 24.3 Å². The molecule has 1 aliphatic carbocycles. The van der Waals surface area contributed by atoms with Crippen LogP contribution in [0.4, 0.5) is 4.39 Å². The number of hydrogen-bond acceptors (Lipinski definition) is 5. The number of methoxy groups -OCH3 is 1. The zero-order chi connectivity index (χ0) is 23.2. The number of esters is 1. The van der Waals surface area contributed by atoms with Gasteiger partial charge in [-0.15, -0.1) is 0 Å². The number of aliphatic hydroxyl groups excluding tert-OH is 1. The number of carbonyl (C=O) groups excluding carboxylic acids is 1. The Bertz CT molecular complexity index is 573. The third-order valence-corrected chi connectivity index (χ3v) is 6.53. The molecule has 2 rings (SSSR count). The van der Waals surface area contributed by atoms with Gasteiger partial charge in [-0.3, -0.25) is 4.79 Å². The molecule has 0 aromatic carbocycles. The molecule has 184 valence electrons. The zero-order valence-corrected chi connectivity index (χ0v) is 19.9. The summed E-state index contributed by atoms with van der Waals surface area (Å²) in [4.78, 5) is 11.2. The van der Waals surface area contributed by atoms with Gasteiger partial charge in [0.2, 0.25) is 0 Å². The standard InChI is InChI=1S/C26H43FO5/c1-3-4-6-11-21(32-25-14-9-10-19-31-25)17-15-20-16-18-23(28)26(20)22(27)12-7-5-8-13-24(29)30-2/h7,12,15,17,20-23,25-26,28H,3-6,8-11,13-14,16,18-19H2,1-2H3/b12-7-,17-15+/t20-,21-,22?,23-,25?,26-/m0/s1. The Morgan fingerprint density at radius 1 is 1.19 bits per heavy atom. The van der Waals surface area contributed by atoms with E-state index in [1.54, 1.807) is 12.2 Å². The molecular formula is C26H43FO5. The van der Waals surface area contributed by atoms with E-state index in [-0.39, 0.29) is 24.3 Å². The van der Waals surface area contributed by atoms with Gasteiger partial charge < -0.3 is 19.3 Å². The molecule has 32 heavy (non-hydrogen) atoms. The fourth-order valence-corrected chi connectivity index (χ4v) is 4.61. The molecule has 0 aromatic heterocycles. The number of allylic oxidation sites excluding steroid dienone is 3. The highest BCUT2D eigenvalue weighted by molar-refractivity contribution is 5.69. The highest BCUT2D eigenvalue weighted by atomic mass is 19.1. The maximum Gasteiger partial charge on any atom is 0.305 e. The summed E-state index contributed by atoms with van der Waals surface area (Å²) in [5.41, 5.74) is 0. The number of alkyl halides is 1. The smallest absolute Gasteiger partial charge is 0.305 e. The molecule has 0 amide bonds. The molecular weight excluding hydrogens is 411 g/mol. The molecule has 1 saturated carbocycles. The number of halogens is 1. The van der Waals surface area contributed by atoms with E-state index in [9.17, 15) is 14.3 Å². The van der Waals surface area contributed by atoms with Crippen LogP contribution in [-0.2, 0) is 19.0 Å². The molecule has 0 radical (unpaired) electrons. The van der Waals surface area contributed by atoms with E-state index in [1.807, 2.05) is 0 Å². The fourth-order valence-electron chi connectivity index (χ4n) is 4.61. The van der Waals surface area contributed by atoms with Gasteiger partial charge in [0.15, 0.2) is 6.29 Å². The topological polar surface area (TPSA) is 65.0 Å². The number of hydrogen-bond donors (Lipinski definition) is 1. The summed E-state index contributed by atoms with van der Waals surface area (Å²) in [6.07, 6.45) is 15.9. The molecule has 2 fully saturated rings. The molecule has 2 unspecified atom stereocenters. The van der Waals surface area contributed by atoms with Crippen LogP contribution in [0.5, 0.6) is 0 Å². The summed E-state index contributed by atoms with van der Waals surface area (Å²) >= 11 is 0. The summed E-state index contributed by atoms with van der Waals surface area (Å²) in [5, 5.41) is 10.4. The van der Waals surface area contributed by atoms with Crippen LogP contribution in [0.3, 0.4) is 0 Å². The molecule has 1 aliphatic heterocycles. The van der Waals surface area contributed by atoms with Gasteiger partial charge in [0.1, 0.15) is 6.17 Å². The molecule has 2 aliphatic rings. The van der Waals surface area contributed by atoms with Gasteiger partial charge in [0.25, 0.3) is 0 Å². The van der Waals surface area contributed by atoms with E-state index in [4.69, 9.17) is 9.47 Å². The van der Waals surface area contributed by atoms with Gasteiger partial charge in [0, 0.05) is 18.9 Å². The summed E-state index contributed by atoms with van der Waals surface area (Å²) in [7, 11) is 1.37. The predicted molar refractivity (Wildman–Crippen MR) is 124 cm³/mol. The largest absolute Gasteiger partial charge is 0.469 e. The molecule has 0 bridgehead atoms. The van der Waals surface area contributed by atoms with Crippen molar-refractivity contribution in [1.82, 2.24) is 0 Å². The zero-order valence-electron chi connectivity index (χ0n) is 19.9. The minimum Gasteiger partial charge on any atom is -0.469 e. The van der Waals surface area contributed by atoms with Crippen molar-refractivity contribution >= 4 is 5.97 Å². The Kier molecular flexibility index (Phi) is 13.1. The number of aliphatic hydroxyl groups is 1. The maximum absolute atomic E-state index is 15.0. The van der Waals surface area contributed by atoms with Crippen LogP contribution in [0.15, 0.2) is 24.3 Å². The Balaban J connectivity index is 1.91. The average Bonchev–Trinajstić information content (AvgIpc) is 3.17. The summed E-state index contributed by atoms with van der Waals surface area (Å²) in [5.74, 6) is -0.699. The Morgan fingerprint density at radius 3 is 2.75 bits per heavy atom. The number of unbranched alkanes of at least 4 members (excludes halogenated alkanes) is 3. The highest BCUT2D eigenvalue weighted by Gasteiger charge is 2.38. The van der Waals surface area contributed by atoms with Crippen LogP contribution in [-0.4, -0.2) is 49.5 Å². The molecule has 5 nitrogen and oxygen atoms in total. The first-order valence-electron chi connectivity index (χ1n) is 12.6. The van der Waals surface area contributed by atoms with Crippen LogP contribution in [0, 0.1) is 11.8 Å². The maximum atomic E-state index is 15.0. The van der Waals surface area contributed by atoms with Crippen LogP contribution >= 0.6 is 0 Å². The Morgan fingerprint density at radius 2 is 2.03 bits per heavy atom. The summed E-state index contributed by atoms with van der Waals surface area (Å²) in [6, 6.07) is 0. The molecule has 6 heteroatoms. The lowest BCUT2D eigenvalue weighted by Gasteiger charge is -2.27. The van der Waals surface area contributed by atoms with Gasteiger partial charge in [-0.25, -0.2) is 4.39 Å². The molecule has 1 saturated heterocycles.